The summed E-state index contributed by atoms with van der Waals surface area (Å²) < 4.78 is 0. The lowest BCUT2D eigenvalue weighted by Gasteiger charge is -1.94. The molecule has 0 aromatic carbocycles. The maximum atomic E-state index is 10.2. The van der Waals surface area contributed by atoms with Crippen LogP contribution in [0.2, 0.25) is 0 Å². The van der Waals surface area contributed by atoms with Crippen LogP contribution in [0.3, 0.4) is 0 Å². The van der Waals surface area contributed by atoms with E-state index in [1.54, 1.807) is 21.6 Å². The summed E-state index contributed by atoms with van der Waals surface area (Å²) in [5.74, 6) is 1.30. The van der Waals surface area contributed by atoms with Crippen LogP contribution >= 0.6 is 21.6 Å². The van der Waals surface area contributed by atoms with Gasteiger partial charge in [0.1, 0.15) is 0 Å². The summed E-state index contributed by atoms with van der Waals surface area (Å²) in [6, 6.07) is 2.04. The molecule has 0 radical (unpaired) electrons. The number of amides is 1. The zero-order valence-electron chi connectivity index (χ0n) is 6.08. The lowest BCUT2D eigenvalue weighted by atomic mass is 10.5. The Labute approximate surface area is 74.1 Å². The first-order chi connectivity index (χ1) is 5.27. The fraction of sp³-hybridized carbons (Fsp3) is 0.667. The molecule has 0 rings (SSSR count). The Kier molecular flexibility index (Phi) is 7.52. The van der Waals surface area contributed by atoms with E-state index in [1.807, 2.05) is 6.07 Å². The lowest BCUT2D eigenvalue weighted by molar-refractivity contribution is -0.117. The molecule has 0 aliphatic heterocycles. The van der Waals surface area contributed by atoms with Crippen LogP contribution < -0.4 is 5.73 Å². The first-order valence-corrected chi connectivity index (χ1v) is 5.66. The second kappa shape index (κ2) is 7.76. The summed E-state index contributed by atoms with van der Waals surface area (Å²) >= 11 is 0. The number of nitriles is 1. The number of carbonyl (C=O) groups excluding carboxylic acids is 1. The Hall–Kier alpha value is -0.340. The number of rotatable bonds is 6. The normalized spacial score (nSPS) is 9.00. The molecule has 2 N–H and O–H groups in total. The molecule has 0 aromatic rings. The molecule has 0 unspecified atom stereocenters. The van der Waals surface area contributed by atoms with Gasteiger partial charge in [-0.25, -0.2) is 0 Å². The van der Waals surface area contributed by atoms with Gasteiger partial charge in [-0.2, -0.15) is 5.26 Å². The zero-order chi connectivity index (χ0) is 8.53. The van der Waals surface area contributed by atoms with Gasteiger partial charge in [-0.1, -0.05) is 21.6 Å². The first kappa shape index (κ1) is 10.7. The summed E-state index contributed by atoms with van der Waals surface area (Å²) in [5, 5.41) is 8.16. The highest BCUT2D eigenvalue weighted by Crippen LogP contribution is 2.21. The minimum absolute atomic E-state index is 0.265. The van der Waals surface area contributed by atoms with Gasteiger partial charge in [0, 0.05) is 24.3 Å². The number of primary amides is 1. The number of hydrogen-bond acceptors (Lipinski definition) is 4. The highest BCUT2D eigenvalue weighted by Gasteiger charge is 1.94. The number of nitrogens with two attached hydrogens (primary N) is 1. The Balaban J connectivity index is 2.92. The zero-order valence-corrected chi connectivity index (χ0v) is 7.71. The van der Waals surface area contributed by atoms with Crippen LogP contribution in [0.15, 0.2) is 0 Å². The van der Waals surface area contributed by atoms with E-state index < -0.39 is 0 Å². The van der Waals surface area contributed by atoms with Gasteiger partial charge in [-0.3, -0.25) is 4.79 Å². The molecule has 1 amide bonds. The monoisotopic (exact) mass is 190 g/mol. The SMILES string of the molecule is N#CCCSSCCC(N)=O. The van der Waals surface area contributed by atoms with Crippen LogP contribution in [0.1, 0.15) is 12.8 Å². The minimum Gasteiger partial charge on any atom is -0.370 e. The molecule has 0 saturated carbocycles. The van der Waals surface area contributed by atoms with Crippen molar-refractivity contribution in [3.05, 3.63) is 0 Å². The van der Waals surface area contributed by atoms with E-state index in [0.29, 0.717) is 12.8 Å². The Morgan fingerprint density at radius 2 is 2.09 bits per heavy atom. The highest BCUT2D eigenvalue weighted by atomic mass is 33.1. The van der Waals surface area contributed by atoms with Crippen LogP contribution in [0.4, 0.5) is 0 Å². The molecular weight excluding hydrogens is 180 g/mol. The van der Waals surface area contributed by atoms with Gasteiger partial charge in [0.05, 0.1) is 6.07 Å². The van der Waals surface area contributed by atoms with E-state index in [-0.39, 0.29) is 5.91 Å². The molecule has 0 aromatic heterocycles. The third kappa shape index (κ3) is 9.66. The van der Waals surface area contributed by atoms with Gasteiger partial charge in [-0.05, 0) is 0 Å². The standard InChI is InChI=1S/C6H10N2OS2/c7-3-1-4-10-11-5-2-6(8)9/h1-2,4-5H2,(H2,8,9). The van der Waals surface area contributed by atoms with Crippen molar-refractivity contribution in [1.82, 2.24) is 0 Å². The fourth-order valence-electron chi connectivity index (χ4n) is 0.347. The Morgan fingerprint density at radius 3 is 2.64 bits per heavy atom. The fourth-order valence-corrected chi connectivity index (χ4v) is 2.25. The molecule has 62 valence electrons. The van der Waals surface area contributed by atoms with Gasteiger partial charge in [0.2, 0.25) is 5.91 Å². The van der Waals surface area contributed by atoms with Crippen molar-refractivity contribution in [3.63, 3.8) is 0 Å². The van der Waals surface area contributed by atoms with Gasteiger partial charge >= 0.3 is 0 Å². The van der Waals surface area contributed by atoms with Crippen molar-refractivity contribution in [3.8, 4) is 6.07 Å². The molecule has 0 bridgehead atoms. The summed E-state index contributed by atoms with van der Waals surface area (Å²) in [5.41, 5.74) is 4.92. The van der Waals surface area contributed by atoms with Crippen molar-refractivity contribution >= 4 is 27.5 Å². The second-order valence-corrected chi connectivity index (χ2v) is 4.47. The van der Waals surface area contributed by atoms with Crippen molar-refractivity contribution in [2.45, 2.75) is 12.8 Å². The molecule has 11 heavy (non-hydrogen) atoms. The van der Waals surface area contributed by atoms with Crippen LogP contribution in [0.25, 0.3) is 0 Å². The molecule has 0 aliphatic carbocycles. The molecule has 0 saturated heterocycles. The molecule has 0 fully saturated rings. The van der Waals surface area contributed by atoms with E-state index in [2.05, 4.69) is 0 Å². The number of carbonyl (C=O) groups is 1. The summed E-state index contributed by atoms with van der Waals surface area (Å²) in [4.78, 5) is 10.2. The molecule has 0 spiro atoms. The topological polar surface area (TPSA) is 66.9 Å². The van der Waals surface area contributed by atoms with Gasteiger partial charge in [-0.15, -0.1) is 0 Å². The van der Waals surface area contributed by atoms with E-state index >= 15 is 0 Å². The van der Waals surface area contributed by atoms with Gasteiger partial charge < -0.3 is 5.73 Å². The third-order valence-electron chi connectivity index (χ3n) is 0.812. The lowest BCUT2D eigenvalue weighted by Crippen LogP contribution is -2.10. The quantitative estimate of drug-likeness (QED) is 0.504. The summed E-state index contributed by atoms with van der Waals surface area (Å²) in [6.45, 7) is 0. The number of hydrogen-bond donors (Lipinski definition) is 1. The summed E-state index contributed by atoms with van der Waals surface area (Å²) in [6.07, 6.45) is 0.985. The Morgan fingerprint density at radius 1 is 1.45 bits per heavy atom. The molecule has 3 nitrogen and oxygen atoms in total. The molecule has 5 heteroatoms. The van der Waals surface area contributed by atoms with Crippen molar-refractivity contribution < 1.29 is 4.79 Å². The Bertz CT molecular complexity index is 155. The highest BCUT2D eigenvalue weighted by molar-refractivity contribution is 8.76. The van der Waals surface area contributed by atoms with E-state index in [4.69, 9.17) is 11.0 Å². The average molecular weight is 190 g/mol. The average Bonchev–Trinajstić information content (AvgIpc) is 1.96. The molecule has 0 atom stereocenters. The molecular formula is C6H10N2OS2. The third-order valence-corrected chi connectivity index (χ3v) is 3.22. The van der Waals surface area contributed by atoms with Crippen LogP contribution in [-0.2, 0) is 4.79 Å². The van der Waals surface area contributed by atoms with Crippen molar-refractivity contribution in [1.29, 1.82) is 5.26 Å². The predicted octanol–water partition coefficient (Wildman–Crippen LogP) is 1.16. The van der Waals surface area contributed by atoms with Crippen LogP contribution in [0, 0.1) is 11.3 Å². The molecule has 0 aliphatic rings. The minimum atomic E-state index is -0.265. The first-order valence-electron chi connectivity index (χ1n) is 3.17. The van der Waals surface area contributed by atoms with Crippen molar-refractivity contribution in [2.75, 3.05) is 11.5 Å². The maximum Gasteiger partial charge on any atom is 0.218 e. The maximum absolute atomic E-state index is 10.2. The van der Waals surface area contributed by atoms with Gasteiger partial charge in [0.15, 0.2) is 0 Å². The van der Waals surface area contributed by atoms with E-state index in [9.17, 15) is 4.79 Å². The summed E-state index contributed by atoms with van der Waals surface area (Å²) in [7, 11) is 3.19. The van der Waals surface area contributed by atoms with Gasteiger partial charge in [0.25, 0.3) is 0 Å². The van der Waals surface area contributed by atoms with Crippen molar-refractivity contribution in [2.24, 2.45) is 5.73 Å². The van der Waals surface area contributed by atoms with E-state index in [0.717, 1.165) is 11.5 Å². The van der Waals surface area contributed by atoms with E-state index in [1.165, 1.54) is 0 Å². The largest absolute Gasteiger partial charge is 0.370 e. The van der Waals surface area contributed by atoms with Crippen LogP contribution in [-0.4, -0.2) is 17.4 Å². The number of nitrogens with zero attached hydrogens (tertiary/aromatic N) is 1. The second-order valence-electron chi connectivity index (χ2n) is 1.77. The predicted molar refractivity (Wildman–Crippen MR) is 49.0 cm³/mol. The smallest absolute Gasteiger partial charge is 0.218 e. The molecule has 0 heterocycles. The van der Waals surface area contributed by atoms with Crippen LogP contribution in [0.5, 0.6) is 0 Å².